The number of nitriles is 1. The quantitative estimate of drug-likeness (QED) is 0.602. The van der Waals surface area contributed by atoms with E-state index in [2.05, 4.69) is 66.4 Å². The van der Waals surface area contributed by atoms with Gasteiger partial charge in [-0.1, -0.05) is 62.3 Å². The maximum absolute atomic E-state index is 12.7. The first-order valence-corrected chi connectivity index (χ1v) is 16.1. The van der Waals surface area contributed by atoms with Crippen molar-refractivity contribution < 1.29 is 17.7 Å². The molecule has 1 aromatic rings. The van der Waals surface area contributed by atoms with Gasteiger partial charge in [0.05, 0.1) is 12.7 Å². The Morgan fingerprint density at radius 1 is 1.06 bits per heavy atom. The lowest BCUT2D eigenvalue weighted by Gasteiger charge is -2.51. The Hall–Kier alpha value is -1.56. The summed E-state index contributed by atoms with van der Waals surface area (Å²) in [4.78, 5) is 26.6. The second-order valence-electron chi connectivity index (χ2n) is 10.8. The molecule has 2 fully saturated rings. The molecule has 0 radical (unpaired) electrons. The first-order chi connectivity index (χ1) is 15.8. The lowest BCUT2D eigenvalue weighted by Crippen LogP contribution is -2.65. The molecule has 4 atom stereocenters. The molecule has 0 unspecified atom stereocenters. The zero-order valence-electron chi connectivity index (χ0n) is 21.7. The standard InChI is InChI=1S/C23H39N3O6Si2/c1-14(2)33(15(3)4)29-12-19-21(31-34(32-33,16(5)6)17(7)8)18(9)23(13-24,30-19)26-11-10-20(27)25-22(26)28/h10-11,14-19,21H,12H2,1-9H3,(H,25,27,28)/t18-,19+,21-,23+/m0/s1. The fourth-order valence-corrected chi connectivity index (χ4v) is 16.8. The Morgan fingerprint density at radius 3 is 2.09 bits per heavy atom. The Kier molecular flexibility index (Phi) is 7.54. The molecule has 3 rings (SSSR count). The van der Waals surface area contributed by atoms with Crippen molar-refractivity contribution in [1.82, 2.24) is 9.55 Å². The van der Waals surface area contributed by atoms with E-state index >= 15 is 0 Å². The second kappa shape index (κ2) is 9.48. The Labute approximate surface area is 203 Å². The number of rotatable bonds is 5. The minimum atomic E-state index is -2.91. The van der Waals surface area contributed by atoms with E-state index in [0.717, 1.165) is 4.57 Å². The number of hydrogen-bond acceptors (Lipinski definition) is 7. The molecule has 2 aliphatic rings. The Bertz CT molecular complexity index is 1030. The number of fused-ring (bicyclic) bond motifs is 1. The number of hydrogen-bond donors (Lipinski definition) is 1. The van der Waals surface area contributed by atoms with Crippen LogP contribution in [0.15, 0.2) is 21.9 Å². The third-order valence-electron chi connectivity index (χ3n) is 7.48. The summed E-state index contributed by atoms with van der Waals surface area (Å²) in [6.45, 7) is 19.2. The van der Waals surface area contributed by atoms with Crippen molar-refractivity contribution in [2.45, 2.75) is 102 Å². The predicted octanol–water partition coefficient (Wildman–Crippen LogP) is 3.70. The average Bonchev–Trinajstić information content (AvgIpc) is 2.98. The lowest BCUT2D eigenvalue weighted by atomic mass is 9.94. The maximum Gasteiger partial charge on any atom is 0.335 e. The summed E-state index contributed by atoms with van der Waals surface area (Å²) in [6.07, 6.45) is 0.237. The largest absolute Gasteiger partial charge is 0.414 e. The van der Waals surface area contributed by atoms with Gasteiger partial charge in [-0.05, 0) is 22.2 Å². The van der Waals surface area contributed by atoms with Gasteiger partial charge in [0.25, 0.3) is 5.56 Å². The molecule has 34 heavy (non-hydrogen) atoms. The molecule has 0 aromatic carbocycles. The van der Waals surface area contributed by atoms with Gasteiger partial charge in [-0.3, -0.25) is 14.3 Å². The van der Waals surface area contributed by atoms with E-state index in [4.69, 9.17) is 17.7 Å². The van der Waals surface area contributed by atoms with Gasteiger partial charge >= 0.3 is 22.8 Å². The fraction of sp³-hybridized carbons (Fsp3) is 0.783. The van der Waals surface area contributed by atoms with Gasteiger partial charge in [0.2, 0.25) is 5.72 Å². The van der Waals surface area contributed by atoms with Crippen molar-refractivity contribution in [3.05, 3.63) is 33.1 Å². The van der Waals surface area contributed by atoms with Gasteiger partial charge in [0.1, 0.15) is 12.2 Å². The first kappa shape index (κ1) is 27.0. The van der Waals surface area contributed by atoms with Gasteiger partial charge in [0, 0.05) is 18.2 Å². The van der Waals surface area contributed by atoms with Gasteiger partial charge in [-0.2, -0.15) is 5.26 Å². The summed E-state index contributed by atoms with van der Waals surface area (Å²) in [7, 11) is -5.66. The van der Waals surface area contributed by atoms with Crippen LogP contribution in [0.1, 0.15) is 62.3 Å². The summed E-state index contributed by atoms with van der Waals surface area (Å²) in [5.74, 6) is -0.519. The fourth-order valence-electron chi connectivity index (χ4n) is 5.53. The molecule has 9 nitrogen and oxygen atoms in total. The van der Waals surface area contributed by atoms with Gasteiger partial charge < -0.3 is 17.7 Å². The van der Waals surface area contributed by atoms with Crippen LogP contribution < -0.4 is 11.2 Å². The molecule has 2 aliphatic heterocycles. The van der Waals surface area contributed by atoms with Crippen LogP contribution >= 0.6 is 0 Å². The van der Waals surface area contributed by atoms with Gasteiger partial charge in [0.15, 0.2) is 0 Å². The minimum Gasteiger partial charge on any atom is -0.414 e. The molecule has 11 heteroatoms. The van der Waals surface area contributed by atoms with Crippen LogP contribution in [0.2, 0.25) is 22.2 Å². The van der Waals surface area contributed by atoms with Crippen molar-refractivity contribution in [3.8, 4) is 6.07 Å². The van der Waals surface area contributed by atoms with Crippen molar-refractivity contribution in [2.24, 2.45) is 5.92 Å². The van der Waals surface area contributed by atoms with Crippen LogP contribution in [-0.4, -0.2) is 45.5 Å². The molecular formula is C23H39N3O6Si2. The predicted molar refractivity (Wildman–Crippen MR) is 133 cm³/mol. The lowest BCUT2D eigenvalue weighted by molar-refractivity contribution is -0.0953. The maximum atomic E-state index is 12.7. The van der Waals surface area contributed by atoms with Gasteiger partial charge in [-0.25, -0.2) is 4.79 Å². The molecule has 2 saturated heterocycles. The molecule has 0 aliphatic carbocycles. The van der Waals surface area contributed by atoms with Crippen LogP contribution in [0, 0.1) is 17.2 Å². The van der Waals surface area contributed by atoms with Crippen LogP contribution in [-0.2, 0) is 23.4 Å². The van der Waals surface area contributed by atoms with E-state index in [-0.39, 0.29) is 28.8 Å². The number of H-pyrrole nitrogens is 1. The minimum absolute atomic E-state index is 0.124. The number of ether oxygens (including phenoxy) is 1. The van der Waals surface area contributed by atoms with E-state index < -0.39 is 52.2 Å². The molecule has 1 N–H and O–H groups in total. The van der Waals surface area contributed by atoms with E-state index in [9.17, 15) is 14.9 Å². The monoisotopic (exact) mass is 509 g/mol. The smallest absolute Gasteiger partial charge is 0.335 e. The van der Waals surface area contributed by atoms with Crippen molar-refractivity contribution in [3.63, 3.8) is 0 Å². The zero-order valence-corrected chi connectivity index (χ0v) is 23.7. The summed E-state index contributed by atoms with van der Waals surface area (Å²) in [6, 6.07) is 3.44. The highest BCUT2D eigenvalue weighted by Crippen LogP contribution is 2.50. The Balaban J connectivity index is 2.19. The number of nitrogens with one attached hydrogen (secondary N) is 1. The molecule has 0 saturated carbocycles. The third-order valence-corrected chi connectivity index (χ3v) is 17.7. The van der Waals surface area contributed by atoms with E-state index in [0.29, 0.717) is 0 Å². The highest BCUT2D eigenvalue weighted by Gasteiger charge is 2.64. The number of aromatic nitrogens is 2. The van der Waals surface area contributed by atoms with Crippen LogP contribution in [0.5, 0.6) is 0 Å². The molecule has 0 amide bonds. The molecule has 0 spiro atoms. The van der Waals surface area contributed by atoms with E-state index in [1.807, 2.05) is 6.92 Å². The van der Waals surface area contributed by atoms with Crippen molar-refractivity contribution in [1.29, 1.82) is 5.26 Å². The highest BCUT2D eigenvalue weighted by molar-refractivity contribution is 6.83. The van der Waals surface area contributed by atoms with Crippen LogP contribution in [0.25, 0.3) is 0 Å². The van der Waals surface area contributed by atoms with Crippen molar-refractivity contribution >= 4 is 17.1 Å². The molecule has 3 heterocycles. The summed E-state index contributed by atoms with van der Waals surface area (Å²) in [5, 5.41) is 10.3. The van der Waals surface area contributed by atoms with Crippen LogP contribution in [0.4, 0.5) is 0 Å². The third kappa shape index (κ3) is 4.08. The molecule has 0 bridgehead atoms. The SMILES string of the molecule is CC(C)[Si]1(C(C)C)OC[C@H]2O[C@@](C#N)(n3ccc(=O)[nH]c3=O)[C@@H](C)[C@@H]2O[Si](C(C)C)(C(C)C)O1. The van der Waals surface area contributed by atoms with Crippen molar-refractivity contribution in [2.75, 3.05) is 6.61 Å². The molecule has 190 valence electrons. The molecule has 1 aromatic heterocycles. The number of nitrogens with zero attached hydrogens (tertiary/aromatic N) is 2. The second-order valence-corrected chi connectivity index (χ2v) is 19.6. The zero-order chi connectivity index (χ0) is 25.6. The summed E-state index contributed by atoms with van der Waals surface area (Å²) < 4.78 is 28.5. The molecular weight excluding hydrogens is 470 g/mol. The van der Waals surface area contributed by atoms with E-state index in [1.165, 1.54) is 12.3 Å². The Morgan fingerprint density at radius 2 is 1.62 bits per heavy atom. The average molecular weight is 510 g/mol. The van der Waals surface area contributed by atoms with E-state index in [1.54, 1.807) is 0 Å². The van der Waals surface area contributed by atoms with Gasteiger partial charge in [-0.15, -0.1) is 0 Å². The highest BCUT2D eigenvalue weighted by atomic mass is 28.5. The summed E-state index contributed by atoms with van der Waals surface area (Å²) >= 11 is 0. The topological polar surface area (TPSA) is 116 Å². The van der Waals surface area contributed by atoms with Crippen LogP contribution in [0.3, 0.4) is 0 Å². The normalized spacial score (nSPS) is 30.9. The first-order valence-electron chi connectivity index (χ1n) is 12.2. The number of aromatic amines is 1. The summed E-state index contributed by atoms with van der Waals surface area (Å²) in [5.41, 5.74) is -2.26.